The quantitative estimate of drug-likeness (QED) is 0.427. The number of hydrogen-bond acceptors (Lipinski definition) is 6. The van der Waals surface area contributed by atoms with Gasteiger partial charge in [0.15, 0.2) is 0 Å². The van der Waals surface area contributed by atoms with E-state index in [1.165, 1.54) is 25.2 Å². The molecule has 0 aromatic heterocycles. The molecule has 0 radical (unpaired) electrons. The van der Waals surface area contributed by atoms with Gasteiger partial charge < -0.3 is 19.1 Å². The van der Waals surface area contributed by atoms with Gasteiger partial charge in [0.25, 0.3) is 0 Å². The molecule has 1 aromatic carbocycles. The monoisotopic (exact) mass is 413 g/mol. The minimum Gasteiger partial charge on any atom is -0.466 e. The normalized spacial score (nSPS) is 14.7. The zero-order valence-corrected chi connectivity index (χ0v) is 15.5. The molecule has 24 heavy (non-hydrogen) atoms. The number of benzene rings is 1. The molecule has 0 spiro atoms. The van der Waals surface area contributed by atoms with E-state index in [2.05, 4.69) is 4.74 Å². The van der Waals surface area contributed by atoms with Gasteiger partial charge in [-0.2, -0.15) is 0 Å². The largest absolute Gasteiger partial charge is 0.466 e. The molecule has 130 valence electrons. The first kappa shape index (κ1) is 19.1. The number of rotatable bonds is 3. The van der Waals surface area contributed by atoms with Crippen LogP contribution < -0.4 is 4.90 Å². The van der Waals surface area contributed by atoms with Crippen molar-refractivity contribution in [2.75, 3.05) is 32.5 Å². The average molecular weight is 415 g/mol. The lowest BCUT2D eigenvalue weighted by atomic mass is 10.1. The summed E-state index contributed by atoms with van der Waals surface area (Å²) in [5.41, 5.74) is 0.137. The second-order valence-electron chi connectivity index (χ2n) is 4.54. The zero-order chi connectivity index (χ0) is 18.0. The van der Waals surface area contributed by atoms with E-state index < -0.39 is 11.9 Å². The fourth-order valence-electron chi connectivity index (χ4n) is 2.09. The molecule has 1 aliphatic rings. The molecule has 1 aliphatic heterocycles. The van der Waals surface area contributed by atoms with E-state index in [1.54, 1.807) is 0 Å². The molecule has 0 saturated heterocycles. The van der Waals surface area contributed by atoms with E-state index in [9.17, 15) is 9.59 Å². The van der Waals surface area contributed by atoms with E-state index in [0.717, 1.165) is 0 Å². The molecule has 0 bridgehead atoms. The third-order valence-electron chi connectivity index (χ3n) is 3.21. The maximum Gasteiger partial charge on any atom is 0.355 e. The molecule has 0 atom stereocenters. The lowest BCUT2D eigenvalue weighted by molar-refractivity contribution is -0.140. The first-order valence-electron chi connectivity index (χ1n) is 6.41. The van der Waals surface area contributed by atoms with Crippen LogP contribution in [0.15, 0.2) is 17.3 Å². The second kappa shape index (κ2) is 7.80. The van der Waals surface area contributed by atoms with Gasteiger partial charge in [-0.1, -0.05) is 46.4 Å². The molecular weight excluding hydrogens is 404 g/mol. The highest BCUT2D eigenvalue weighted by atomic mass is 35.5. The number of nitrogens with zero attached hydrogens (tertiary/aromatic N) is 1. The molecule has 0 N–H and O–H groups in total. The Morgan fingerprint density at radius 2 is 1.67 bits per heavy atom. The van der Waals surface area contributed by atoms with Crippen molar-refractivity contribution < 1.29 is 23.8 Å². The SMILES string of the molecule is COC(=O)C1=C(C(=O)OC)N(c2cc(Cl)c(Cl)c(Cl)c2Cl)COC1. The van der Waals surface area contributed by atoms with Crippen molar-refractivity contribution in [3.8, 4) is 0 Å². The van der Waals surface area contributed by atoms with Gasteiger partial charge in [0.2, 0.25) is 0 Å². The number of halogens is 4. The molecule has 0 amide bonds. The number of carbonyl (C=O) groups is 2. The third kappa shape index (κ3) is 3.43. The van der Waals surface area contributed by atoms with Gasteiger partial charge in [-0.3, -0.25) is 0 Å². The van der Waals surface area contributed by atoms with Gasteiger partial charge in [-0.15, -0.1) is 0 Å². The van der Waals surface area contributed by atoms with Crippen LogP contribution in [0.1, 0.15) is 0 Å². The van der Waals surface area contributed by atoms with Crippen LogP contribution in [-0.4, -0.2) is 39.5 Å². The summed E-state index contributed by atoms with van der Waals surface area (Å²) in [5.74, 6) is -1.50. The van der Waals surface area contributed by atoms with Crippen LogP contribution in [0.2, 0.25) is 20.1 Å². The Bertz CT molecular complexity index is 734. The van der Waals surface area contributed by atoms with Crippen molar-refractivity contribution in [3.63, 3.8) is 0 Å². The highest BCUT2D eigenvalue weighted by Crippen LogP contribution is 2.44. The number of methoxy groups -OCH3 is 2. The van der Waals surface area contributed by atoms with Gasteiger partial charge in [-0.05, 0) is 6.07 Å². The molecule has 2 rings (SSSR count). The van der Waals surface area contributed by atoms with Gasteiger partial charge in [0.1, 0.15) is 12.4 Å². The Hall–Kier alpha value is -1.18. The van der Waals surface area contributed by atoms with E-state index >= 15 is 0 Å². The summed E-state index contributed by atoms with van der Waals surface area (Å²) in [7, 11) is 2.37. The zero-order valence-electron chi connectivity index (χ0n) is 12.5. The van der Waals surface area contributed by atoms with Crippen LogP contribution in [0.25, 0.3) is 0 Å². The fourth-order valence-corrected chi connectivity index (χ4v) is 2.98. The van der Waals surface area contributed by atoms with Crippen molar-refractivity contribution in [1.82, 2.24) is 0 Å². The van der Waals surface area contributed by atoms with Crippen molar-refractivity contribution in [1.29, 1.82) is 0 Å². The average Bonchev–Trinajstić information content (AvgIpc) is 2.60. The predicted octanol–water partition coefficient (Wildman–Crippen LogP) is 3.69. The molecular formula is C14H11Cl4NO5. The van der Waals surface area contributed by atoms with E-state index in [-0.39, 0.29) is 50.4 Å². The number of anilines is 1. The van der Waals surface area contributed by atoms with Gasteiger partial charge in [-0.25, -0.2) is 9.59 Å². The topological polar surface area (TPSA) is 65.1 Å². The van der Waals surface area contributed by atoms with Crippen LogP contribution in [-0.2, 0) is 23.8 Å². The van der Waals surface area contributed by atoms with Crippen LogP contribution in [0.5, 0.6) is 0 Å². The second-order valence-corrected chi connectivity index (χ2v) is 6.08. The summed E-state index contributed by atoms with van der Waals surface area (Å²) in [6.07, 6.45) is 0. The Labute approximate surface area is 157 Å². The lowest BCUT2D eigenvalue weighted by Crippen LogP contribution is -2.39. The molecule has 0 unspecified atom stereocenters. The number of hydrogen-bond donors (Lipinski definition) is 0. The Kier molecular flexibility index (Phi) is 6.22. The number of esters is 2. The summed E-state index contributed by atoms with van der Waals surface area (Å²) in [4.78, 5) is 25.5. The third-order valence-corrected chi connectivity index (χ3v) is 4.95. The number of carbonyl (C=O) groups excluding carboxylic acids is 2. The summed E-state index contributed by atoms with van der Waals surface area (Å²) in [6.45, 7) is -0.209. The van der Waals surface area contributed by atoms with E-state index in [0.29, 0.717) is 0 Å². The Morgan fingerprint density at radius 3 is 2.25 bits per heavy atom. The van der Waals surface area contributed by atoms with Crippen molar-refractivity contribution in [3.05, 3.63) is 37.4 Å². The number of ether oxygens (including phenoxy) is 3. The molecule has 6 nitrogen and oxygen atoms in total. The lowest BCUT2D eigenvalue weighted by Gasteiger charge is -2.32. The smallest absolute Gasteiger partial charge is 0.355 e. The Balaban J connectivity index is 2.68. The minimum absolute atomic E-state index is 0.00948. The molecule has 0 aliphatic carbocycles. The summed E-state index contributed by atoms with van der Waals surface area (Å²) in [5, 5.41) is 0.245. The van der Waals surface area contributed by atoms with E-state index in [4.69, 9.17) is 55.9 Å². The summed E-state index contributed by atoms with van der Waals surface area (Å²) in [6, 6.07) is 1.41. The first-order valence-corrected chi connectivity index (χ1v) is 7.92. The van der Waals surface area contributed by atoms with Crippen LogP contribution in [0, 0.1) is 0 Å². The molecule has 1 heterocycles. The van der Waals surface area contributed by atoms with Crippen molar-refractivity contribution in [2.24, 2.45) is 0 Å². The van der Waals surface area contributed by atoms with Crippen molar-refractivity contribution in [2.45, 2.75) is 0 Å². The fraction of sp³-hybridized carbons (Fsp3) is 0.286. The molecule has 0 saturated carbocycles. The highest BCUT2D eigenvalue weighted by Gasteiger charge is 2.34. The van der Waals surface area contributed by atoms with Crippen molar-refractivity contribution >= 4 is 64.0 Å². The molecule has 10 heteroatoms. The van der Waals surface area contributed by atoms with Gasteiger partial charge in [0.05, 0.1) is 52.2 Å². The molecule has 0 fully saturated rings. The molecule has 1 aromatic rings. The van der Waals surface area contributed by atoms with E-state index in [1.807, 2.05) is 0 Å². The van der Waals surface area contributed by atoms with Crippen LogP contribution in [0.4, 0.5) is 5.69 Å². The Morgan fingerprint density at radius 1 is 1.04 bits per heavy atom. The van der Waals surface area contributed by atoms with Gasteiger partial charge in [0, 0.05) is 0 Å². The van der Waals surface area contributed by atoms with Crippen LogP contribution in [0.3, 0.4) is 0 Å². The maximum absolute atomic E-state index is 12.2. The summed E-state index contributed by atoms with van der Waals surface area (Å²) < 4.78 is 14.8. The minimum atomic E-state index is -0.767. The van der Waals surface area contributed by atoms with Crippen LogP contribution >= 0.6 is 46.4 Å². The standard InChI is InChI=1S/C14H11Cl4NO5/c1-22-13(20)6-4-24-5-19(12(6)14(21)23-2)8-3-7(15)9(16)11(18)10(8)17/h3H,4-5H2,1-2H3. The first-order chi connectivity index (χ1) is 11.3. The highest BCUT2D eigenvalue weighted by molar-refractivity contribution is 6.52. The summed E-state index contributed by atoms with van der Waals surface area (Å²) >= 11 is 24.2. The van der Waals surface area contributed by atoms with Gasteiger partial charge >= 0.3 is 11.9 Å². The maximum atomic E-state index is 12.2. The predicted molar refractivity (Wildman–Crippen MR) is 90.8 cm³/mol.